The van der Waals surface area contributed by atoms with Gasteiger partial charge in [0.05, 0.1) is 30.9 Å². The number of nitrogens with zero attached hydrogens (tertiary/aromatic N) is 3. The number of ether oxygens (including phenoxy) is 2. The summed E-state index contributed by atoms with van der Waals surface area (Å²) < 4.78 is 50.8. The van der Waals surface area contributed by atoms with Gasteiger partial charge in [-0.25, -0.2) is 12.8 Å². The first-order valence-corrected chi connectivity index (χ1v) is 9.13. The van der Waals surface area contributed by atoms with Gasteiger partial charge in [-0.2, -0.15) is 9.29 Å². The normalized spacial score (nSPS) is 18.3. The Balaban J connectivity index is 1.73. The highest BCUT2D eigenvalue weighted by Gasteiger charge is 2.34. The minimum absolute atomic E-state index is 0.107. The van der Waals surface area contributed by atoms with E-state index in [2.05, 4.69) is 9.97 Å². The maximum Gasteiger partial charge on any atom is 0.243 e. The fourth-order valence-corrected chi connectivity index (χ4v) is 4.40. The summed E-state index contributed by atoms with van der Waals surface area (Å²) in [6, 6.07) is 3.65. The van der Waals surface area contributed by atoms with Crippen LogP contribution in [0.25, 0.3) is 0 Å². The van der Waals surface area contributed by atoms with E-state index in [0.717, 1.165) is 6.07 Å². The molecule has 1 saturated heterocycles. The van der Waals surface area contributed by atoms with Crippen molar-refractivity contribution in [2.45, 2.75) is 24.3 Å². The maximum atomic E-state index is 13.2. The van der Waals surface area contributed by atoms with Crippen molar-refractivity contribution in [1.29, 1.82) is 0 Å². The third-order valence-electron chi connectivity index (χ3n) is 3.95. The van der Waals surface area contributed by atoms with Crippen molar-refractivity contribution < 1.29 is 22.3 Å². The van der Waals surface area contributed by atoms with E-state index in [1.54, 1.807) is 6.92 Å². The van der Waals surface area contributed by atoms with Crippen molar-refractivity contribution in [2.24, 2.45) is 0 Å². The van der Waals surface area contributed by atoms with E-state index in [0.29, 0.717) is 24.4 Å². The number of aromatic nitrogens is 2. The molecule has 1 fully saturated rings. The van der Waals surface area contributed by atoms with Crippen LogP contribution in [-0.2, 0) is 10.0 Å². The fraction of sp³-hybridized carbons (Fsp3) is 0.375. The lowest BCUT2D eigenvalue weighted by atomic mass is 10.2. The summed E-state index contributed by atoms with van der Waals surface area (Å²) >= 11 is 0. The predicted octanol–water partition coefficient (Wildman–Crippen LogP) is 1.77. The zero-order valence-corrected chi connectivity index (χ0v) is 14.7. The van der Waals surface area contributed by atoms with Crippen LogP contribution in [0.5, 0.6) is 11.8 Å². The zero-order chi connectivity index (χ0) is 18.0. The minimum atomic E-state index is -3.70. The average molecular weight is 367 g/mol. The molecular weight excluding hydrogens is 349 g/mol. The van der Waals surface area contributed by atoms with Crippen molar-refractivity contribution in [3.63, 3.8) is 0 Å². The molecular formula is C16H18FN3O4S. The molecule has 2 aromatic rings. The molecule has 0 saturated carbocycles. The highest BCUT2D eigenvalue weighted by molar-refractivity contribution is 7.89. The molecule has 0 N–H and O–H groups in total. The lowest BCUT2D eigenvalue weighted by Crippen LogP contribution is -2.31. The van der Waals surface area contributed by atoms with Crippen LogP contribution < -0.4 is 9.47 Å². The van der Waals surface area contributed by atoms with Crippen molar-refractivity contribution >= 4 is 10.0 Å². The SMILES string of the molecule is COc1cncc(OC2CCN(S(=O)(=O)c3ccc(F)cc3C)C2)n1. The second-order valence-electron chi connectivity index (χ2n) is 5.70. The summed E-state index contributed by atoms with van der Waals surface area (Å²) in [5.41, 5.74) is 0.378. The molecule has 3 rings (SSSR count). The molecule has 2 heterocycles. The van der Waals surface area contributed by atoms with Gasteiger partial charge >= 0.3 is 0 Å². The third kappa shape index (κ3) is 3.72. The van der Waals surface area contributed by atoms with Crippen molar-refractivity contribution in [2.75, 3.05) is 20.2 Å². The average Bonchev–Trinajstić information content (AvgIpc) is 3.04. The van der Waals surface area contributed by atoms with Crippen LogP contribution in [0, 0.1) is 12.7 Å². The topological polar surface area (TPSA) is 81.6 Å². The molecule has 9 heteroatoms. The second kappa shape index (κ2) is 6.93. The number of aryl methyl sites for hydroxylation is 1. The summed E-state index contributed by atoms with van der Waals surface area (Å²) in [4.78, 5) is 8.17. The maximum absolute atomic E-state index is 13.2. The third-order valence-corrected chi connectivity index (χ3v) is 5.97. The van der Waals surface area contributed by atoms with E-state index in [-0.39, 0.29) is 23.4 Å². The molecule has 25 heavy (non-hydrogen) atoms. The van der Waals surface area contributed by atoms with Gasteiger partial charge in [0.25, 0.3) is 0 Å². The largest absolute Gasteiger partial charge is 0.480 e. The minimum Gasteiger partial charge on any atom is -0.480 e. The van der Waals surface area contributed by atoms with Crippen molar-refractivity contribution in [3.8, 4) is 11.8 Å². The molecule has 1 aromatic heterocycles. The molecule has 7 nitrogen and oxygen atoms in total. The van der Waals surface area contributed by atoms with Gasteiger partial charge in [-0.05, 0) is 37.1 Å². The van der Waals surface area contributed by atoms with E-state index in [1.807, 2.05) is 0 Å². The van der Waals surface area contributed by atoms with Gasteiger partial charge in [0, 0.05) is 6.54 Å². The molecule has 1 atom stereocenters. The summed E-state index contributed by atoms with van der Waals surface area (Å²) in [6.07, 6.45) is 3.09. The van der Waals surface area contributed by atoms with Crippen LogP contribution in [0.3, 0.4) is 0 Å². The van der Waals surface area contributed by atoms with E-state index in [1.165, 1.54) is 35.9 Å². The summed E-state index contributed by atoms with van der Waals surface area (Å²) in [5, 5.41) is 0. The zero-order valence-electron chi connectivity index (χ0n) is 13.8. The van der Waals surface area contributed by atoms with Gasteiger partial charge in [-0.1, -0.05) is 0 Å². The Bertz CT molecular complexity index is 875. The van der Waals surface area contributed by atoms with Gasteiger partial charge in [-0.15, -0.1) is 0 Å². The molecule has 1 aliphatic rings. The number of halogens is 1. The van der Waals surface area contributed by atoms with Crippen LogP contribution >= 0.6 is 0 Å². The predicted molar refractivity (Wildman–Crippen MR) is 87.5 cm³/mol. The molecule has 134 valence electrons. The highest BCUT2D eigenvalue weighted by Crippen LogP contribution is 2.26. The number of sulfonamides is 1. The molecule has 0 amide bonds. The molecule has 1 aromatic carbocycles. The number of hydrogen-bond acceptors (Lipinski definition) is 6. The van der Waals surface area contributed by atoms with Gasteiger partial charge < -0.3 is 9.47 Å². The van der Waals surface area contributed by atoms with E-state index < -0.39 is 15.8 Å². The number of benzene rings is 1. The molecule has 0 radical (unpaired) electrons. The highest BCUT2D eigenvalue weighted by atomic mass is 32.2. The monoisotopic (exact) mass is 367 g/mol. The Morgan fingerprint density at radius 1 is 1.28 bits per heavy atom. The Morgan fingerprint density at radius 3 is 2.76 bits per heavy atom. The van der Waals surface area contributed by atoms with E-state index in [9.17, 15) is 12.8 Å². The van der Waals surface area contributed by atoms with Crippen molar-refractivity contribution in [3.05, 3.63) is 42.0 Å². The van der Waals surface area contributed by atoms with Crippen LogP contribution in [0.15, 0.2) is 35.5 Å². The lowest BCUT2D eigenvalue weighted by molar-refractivity contribution is 0.203. The second-order valence-corrected chi connectivity index (χ2v) is 7.61. The van der Waals surface area contributed by atoms with Crippen LogP contribution in [0.4, 0.5) is 4.39 Å². The van der Waals surface area contributed by atoms with Crippen LogP contribution in [-0.4, -0.2) is 49.0 Å². The first-order valence-electron chi connectivity index (χ1n) is 7.69. The standard InChI is InChI=1S/C16H18FN3O4S/c1-11-7-12(17)3-4-14(11)25(21,22)20-6-5-13(10-20)24-16-9-18-8-15(19-16)23-2/h3-4,7-9,13H,5-6,10H2,1-2H3. The lowest BCUT2D eigenvalue weighted by Gasteiger charge is -2.18. The molecule has 0 spiro atoms. The van der Waals surface area contributed by atoms with Gasteiger partial charge in [0.15, 0.2) is 0 Å². The van der Waals surface area contributed by atoms with Crippen molar-refractivity contribution in [1.82, 2.24) is 14.3 Å². The quantitative estimate of drug-likeness (QED) is 0.801. The van der Waals surface area contributed by atoms with Crippen LogP contribution in [0.2, 0.25) is 0 Å². The fourth-order valence-electron chi connectivity index (χ4n) is 2.71. The molecule has 1 aliphatic heterocycles. The summed E-state index contributed by atoms with van der Waals surface area (Å²) in [5.74, 6) is 0.138. The van der Waals surface area contributed by atoms with Gasteiger partial charge in [0.1, 0.15) is 11.9 Å². The Labute approximate surface area is 145 Å². The first-order chi connectivity index (χ1) is 11.9. The molecule has 0 aliphatic carbocycles. The smallest absolute Gasteiger partial charge is 0.243 e. The summed E-state index contributed by atoms with van der Waals surface area (Å²) in [6.45, 7) is 2.09. The first kappa shape index (κ1) is 17.6. The summed E-state index contributed by atoms with van der Waals surface area (Å²) in [7, 11) is -2.22. The van der Waals surface area contributed by atoms with E-state index in [4.69, 9.17) is 9.47 Å². The number of rotatable bonds is 5. The Morgan fingerprint density at radius 2 is 2.04 bits per heavy atom. The van der Waals surface area contributed by atoms with E-state index >= 15 is 0 Å². The Kier molecular flexibility index (Phi) is 4.87. The molecule has 0 bridgehead atoms. The number of hydrogen-bond donors (Lipinski definition) is 0. The van der Waals surface area contributed by atoms with Crippen LogP contribution in [0.1, 0.15) is 12.0 Å². The molecule has 1 unspecified atom stereocenters. The van der Waals surface area contributed by atoms with Gasteiger partial charge in [-0.3, -0.25) is 4.98 Å². The number of methoxy groups -OCH3 is 1. The Hall–Kier alpha value is -2.26. The van der Waals surface area contributed by atoms with Gasteiger partial charge in [0.2, 0.25) is 21.8 Å².